The second-order valence-corrected chi connectivity index (χ2v) is 7.92. The van der Waals surface area contributed by atoms with E-state index in [1.165, 1.54) is 23.8 Å². The molecule has 0 spiro atoms. The minimum atomic E-state index is -0.289. The number of hydrogen-bond acceptors (Lipinski definition) is 5. The first kappa shape index (κ1) is 16.7. The molecule has 0 saturated carbocycles. The number of rotatable bonds is 1. The summed E-state index contributed by atoms with van der Waals surface area (Å²) >= 11 is 0. The van der Waals surface area contributed by atoms with E-state index in [9.17, 15) is 9.90 Å². The number of hydrogen-bond donors (Lipinski definition) is 2. The van der Waals surface area contributed by atoms with Crippen molar-refractivity contribution in [1.82, 2.24) is 9.88 Å². The van der Waals surface area contributed by atoms with Crippen molar-refractivity contribution in [3.63, 3.8) is 0 Å². The van der Waals surface area contributed by atoms with Crippen LogP contribution in [0, 0.1) is 11.8 Å². The maximum Gasteiger partial charge on any atom is 0.337 e. The molecule has 6 nitrogen and oxygen atoms in total. The first-order valence-corrected chi connectivity index (χ1v) is 9.58. The molecule has 1 fully saturated rings. The number of carbonyl (C=O) groups is 1. The van der Waals surface area contributed by atoms with Gasteiger partial charge in [-0.1, -0.05) is 0 Å². The third kappa shape index (κ3) is 2.46. The average Bonchev–Trinajstić information content (AvgIpc) is 3.04. The van der Waals surface area contributed by atoms with Crippen LogP contribution in [0.25, 0.3) is 10.9 Å². The molecule has 1 saturated heterocycles. The average molecular weight is 374 g/mol. The molecule has 2 N–H and O–H groups in total. The molecule has 1 aromatic heterocycles. The molecule has 1 aromatic carbocycles. The quantitative estimate of drug-likeness (QED) is 0.746. The van der Waals surface area contributed by atoms with Gasteiger partial charge in [-0.25, -0.2) is 4.79 Å². The summed E-state index contributed by atoms with van der Waals surface area (Å²) in [5, 5.41) is 11.0. The number of phenols is 1. The number of H-pyrrole nitrogens is 1. The molecule has 0 aliphatic carbocycles. The van der Waals surface area contributed by atoms with Gasteiger partial charge in [-0.15, -0.1) is 0 Å². The van der Waals surface area contributed by atoms with E-state index in [-0.39, 0.29) is 40.0 Å². The Morgan fingerprint density at radius 3 is 3.11 bits per heavy atom. The van der Waals surface area contributed by atoms with E-state index in [4.69, 9.17) is 9.47 Å². The molecule has 0 bridgehead atoms. The summed E-state index contributed by atoms with van der Waals surface area (Å²) in [5.41, 5.74) is 4.20. The summed E-state index contributed by atoms with van der Waals surface area (Å²) in [6.45, 7) is 3.99. The van der Waals surface area contributed by atoms with Crippen LogP contribution in [0.3, 0.4) is 0 Å². The van der Waals surface area contributed by atoms with Gasteiger partial charge in [-0.05, 0) is 37.5 Å². The number of phenolic OH excluding ortho intramolecular Hbond substituents is 1. The fraction of sp³-hybridized carbons (Fsp3) is 0.476. The first-order chi connectivity index (χ1) is 13.1. The monoisotopic (exact) mass is 374 g/mol. The van der Waals surface area contributed by atoms with Crippen LogP contribution in [-0.2, 0) is 20.7 Å². The predicted molar refractivity (Wildman–Crippen MR) is 107 cm³/mol. The highest BCUT2D eigenvalue weighted by atomic mass is 16.5. The molecule has 2 aromatic rings. The van der Waals surface area contributed by atoms with Crippen LogP contribution in [0.15, 0.2) is 30.0 Å². The minimum absolute atomic E-state index is 0. The van der Waals surface area contributed by atoms with E-state index in [0.717, 1.165) is 31.4 Å². The molecule has 3 aliphatic heterocycles. The van der Waals surface area contributed by atoms with E-state index in [1.807, 2.05) is 6.07 Å². The zero-order chi connectivity index (χ0) is 18.7. The maximum absolute atomic E-state index is 12.3. The number of aromatic nitrogens is 1. The van der Waals surface area contributed by atoms with Gasteiger partial charge in [0.25, 0.3) is 0 Å². The Labute approximate surface area is 162 Å². The maximum atomic E-state index is 12.3. The fourth-order valence-electron chi connectivity index (χ4n) is 5.23. The van der Waals surface area contributed by atoms with Crippen molar-refractivity contribution in [1.29, 1.82) is 0 Å². The molecule has 148 valence electrons. The third-order valence-corrected chi connectivity index (χ3v) is 6.62. The summed E-state index contributed by atoms with van der Waals surface area (Å²) in [6, 6.07) is 5.78. The van der Waals surface area contributed by atoms with Crippen molar-refractivity contribution < 1.29 is 23.7 Å². The van der Waals surface area contributed by atoms with Gasteiger partial charge in [0.2, 0.25) is 0 Å². The van der Waals surface area contributed by atoms with Crippen molar-refractivity contribution in [2.24, 2.45) is 11.8 Å². The van der Waals surface area contributed by atoms with Crippen molar-refractivity contribution in [2.45, 2.75) is 31.9 Å². The molecule has 0 radical (unpaired) electrons. The first-order valence-electron chi connectivity index (χ1n) is 9.58. The lowest BCUT2D eigenvalue weighted by Crippen LogP contribution is -2.51. The summed E-state index contributed by atoms with van der Waals surface area (Å²) in [6.07, 6.45) is 3.55. The molecule has 3 aliphatic rings. The van der Waals surface area contributed by atoms with Gasteiger partial charge in [-0.3, -0.25) is 4.90 Å². The number of fused-ring (bicyclic) bond motifs is 6. The molecule has 3 unspecified atom stereocenters. The van der Waals surface area contributed by atoms with Gasteiger partial charge in [-0.2, -0.15) is 0 Å². The topological polar surface area (TPSA) is 74.8 Å². The molecule has 4 heterocycles. The zero-order valence-corrected chi connectivity index (χ0v) is 15.6. The molecule has 27 heavy (non-hydrogen) atoms. The largest absolute Gasteiger partial charge is 0.508 e. The number of aromatic amines is 1. The van der Waals surface area contributed by atoms with E-state index in [2.05, 4.69) is 16.8 Å². The third-order valence-electron chi connectivity index (χ3n) is 6.62. The van der Waals surface area contributed by atoms with E-state index < -0.39 is 0 Å². The summed E-state index contributed by atoms with van der Waals surface area (Å²) < 4.78 is 10.8. The van der Waals surface area contributed by atoms with Crippen molar-refractivity contribution >= 4 is 16.9 Å². The molecule has 0 amide bonds. The van der Waals surface area contributed by atoms with Gasteiger partial charge in [0.1, 0.15) is 5.75 Å². The second kappa shape index (κ2) is 6.02. The number of aromatic hydroxyl groups is 1. The number of nitrogens with one attached hydrogen (secondary N) is 1. The highest BCUT2D eigenvalue weighted by Gasteiger charge is 2.46. The van der Waals surface area contributed by atoms with Crippen molar-refractivity contribution in [3.05, 3.63) is 41.3 Å². The zero-order valence-electron chi connectivity index (χ0n) is 15.6. The van der Waals surface area contributed by atoms with E-state index in [0.29, 0.717) is 5.57 Å². The Balaban J connectivity index is 0.00000107. The predicted octanol–water partition coefficient (Wildman–Crippen LogP) is 3.62. The Hall–Kier alpha value is -2.47. The SMILES string of the molecule is COC(=O)C1=CO[C@@H](C)C2CN3CCc4c([nH]c5cc(O)ccc45)C3CC12.[HH].[HH].[HH]. The smallest absolute Gasteiger partial charge is 0.337 e. The number of carbonyl (C=O) groups excluding carboxylic acids is 1. The summed E-state index contributed by atoms with van der Waals surface area (Å²) in [5.74, 6) is 0.405. The van der Waals surface area contributed by atoms with Gasteiger partial charge < -0.3 is 19.6 Å². The molecular formula is C21H30N2O4. The lowest BCUT2D eigenvalue weighted by Gasteiger charge is -2.49. The number of esters is 1. The molecular weight excluding hydrogens is 344 g/mol. The lowest BCUT2D eigenvalue weighted by atomic mass is 9.72. The van der Waals surface area contributed by atoms with Crippen molar-refractivity contribution in [3.8, 4) is 5.75 Å². The van der Waals surface area contributed by atoms with Crippen molar-refractivity contribution in [2.75, 3.05) is 20.2 Å². The van der Waals surface area contributed by atoms with E-state index >= 15 is 0 Å². The number of piperidine rings is 1. The van der Waals surface area contributed by atoms with Gasteiger partial charge in [0.15, 0.2) is 0 Å². The number of benzene rings is 1. The van der Waals surface area contributed by atoms with Crippen LogP contribution in [0.4, 0.5) is 0 Å². The van der Waals surface area contributed by atoms with Crippen LogP contribution in [0.1, 0.15) is 34.9 Å². The highest BCUT2D eigenvalue weighted by molar-refractivity contribution is 5.89. The Morgan fingerprint density at radius 2 is 2.30 bits per heavy atom. The van der Waals surface area contributed by atoms with Crippen LogP contribution in [-0.4, -0.2) is 47.3 Å². The number of methoxy groups -OCH3 is 1. The Morgan fingerprint density at radius 1 is 1.44 bits per heavy atom. The second-order valence-electron chi connectivity index (χ2n) is 7.92. The standard InChI is InChI=1S/C21H24N2O4.3H2/c1-11-16-9-23-6-5-14-13-4-3-12(24)7-18(13)22-20(14)19(23)8-15(16)17(10-27-11)21(25)26-2;;;/h3-4,7,10-11,15-16,19,22,24H,5-6,8-9H2,1-2H3;3*1H/t11-,15?,16?,19?;;;/m0.../s1. The van der Waals surface area contributed by atoms with Gasteiger partial charge in [0, 0.05) is 51.9 Å². The Kier molecular flexibility index (Phi) is 3.72. The summed E-state index contributed by atoms with van der Waals surface area (Å²) in [7, 11) is 1.42. The van der Waals surface area contributed by atoms with Crippen LogP contribution >= 0.6 is 0 Å². The van der Waals surface area contributed by atoms with E-state index in [1.54, 1.807) is 18.4 Å². The summed E-state index contributed by atoms with van der Waals surface area (Å²) in [4.78, 5) is 18.4. The molecule has 5 rings (SSSR count). The van der Waals surface area contributed by atoms with Crippen LogP contribution in [0.2, 0.25) is 0 Å². The lowest BCUT2D eigenvalue weighted by molar-refractivity contribution is -0.139. The molecule has 6 heteroatoms. The Bertz CT molecular complexity index is 961. The number of ether oxygens (including phenoxy) is 2. The molecule has 4 atom stereocenters. The van der Waals surface area contributed by atoms with Gasteiger partial charge in [0.05, 0.1) is 31.1 Å². The normalized spacial score (nSPS) is 29.9. The fourth-order valence-corrected chi connectivity index (χ4v) is 5.23. The van der Waals surface area contributed by atoms with Crippen LogP contribution < -0.4 is 0 Å². The van der Waals surface area contributed by atoms with Crippen LogP contribution in [0.5, 0.6) is 5.75 Å². The highest BCUT2D eigenvalue weighted by Crippen LogP contribution is 2.47. The number of nitrogens with zero attached hydrogens (tertiary/aromatic N) is 1. The minimum Gasteiger partial charge on any atom is -0.508 e. The van der Waals surface area contributed by atoms with Gasteiger partial charge >= 0.3 is 5.97 Å².